The SMILES string of the molecule is C=CC(=O)OP(=O)(O)OCC1CO1. The van der Waals surface area contributed by atoms with Crippen molar-refractivity contribution in [1.82, 2.24) is 0 Å². The number of carbonyl (C=O) groups excluding carboxylic acids is 1. The van der Waals surface area contributed by atoms with Crippen molar-refractivity contribution >= 4 is 13.8 Å². The number of hydrogen-bond acceptors (Lipinski definition) is 5. The Labute approximate surface area is 74.7 Å². The quantitative estimate of drug-likeness (QED) is 0.395. The minimum absolute atomic E-state index is 0.0573. The summed E-state index contributed by atoms with van der Waals surface area (Å²) in [5.41, 5.74) is 0. The van der Waals surface area contributed by atoms with Gasteiger partial charge in [0, 0.05) is 6.08 Å². The van der Waals surface area contributed by atoms with Crippen molar-refractivity contribution in [2.45, 2.75) is 6.10 Å². The molecule has 1 N–H and O–H groups in total. The van der Waals surface area contributed by atoms with Gasteiger partial charge in [0.15, 0.2) is 0 Å². The van der Waals surface area contributed by atoms with Crippen molar-refractivity contribution in [3.8, 4) is 0 Å². The molecule has 0 spiro atoms. The van der Waals surface area contributed by atoms with E-state index in [2.05, 4.69) is 15.6 Å². The average molecular weight is 208 g/mol. The second-order valence-corrected chi connectivity index (χ2v) is 3.71. The third-order valence-corrected chi connectivity index (χ3v) is 2.08. The summed E-state index contributed by atoms with van der Waals surface area (Å²) in [5.74, 6) is -0.998. The Morgan fingerprint density at radius 3 is 2.92 bits per heavy atom. The van der Waals surface area contributed by atoms with E-state index in [1.54, 1.807) is 0 Å². The predicted octanol–water partition coefficient (Wildman–Crippen LogP) is 0.231. The van der Waals surface area contributed by atoms with Crippen LogP contribution in [0.25, 0.3) is 0 Å². The molecule has 0 aromatic rings. The Kier molecular flexibility index (Phi) is 3.22. The summed E-state index contributed by atoms with van der Waals surface area (Å²) in [6, 6.07) is 0. The summed E-state index contributed by atoms with van der Waals surface area (Å²) in [7, 11) is -4.28. The summed E-state index contributed by atoms with van der Waals surface area (Å²) in [5, 5.41) is 0. The van der Waals surface area contributed by atoms with E-state index in [0.717, 1.165) is 6.08 Å². The molecule has 1 saturated heterocycles. The largest absolute Gasteiger partial charge is 0.529 e. The first kappa shape index (κ1) is 10.4. The van der Waals surface area contributed by atoms with Gasteiger partial charge in [0.25, 0.3) is 0 Å². The van der Waals surface area contributed by atoms with E-state index >= 15 is 0 Å². The molecule has 13 heavy (non-hydrogen) atoms. The van der Waals surface area contributed by atoms with Gasteiger partial charge >= 0.3 is 13.8 Å². The van der Waals surface area contributed by atoms with Crippen LogP contribution in [0.2, 0.25) is 0 Å². The number of epoxide rings is 1. The molecule has 0 aromatic carbocycles. The minimum atomic E-state index is -4.28. The van der Waals surface area contributed by atoms with Crippen LogP contribution in [0.5, 0.6) is 0 Å². The van der Waals surface area contributed by atoms with Crippen molar-refractivity contribution in [2.75, 3.05) is 13.2 Å². The number of rotatable bonds is 5. The Balaban J connectivity index is 2.30. The highest BCUT2D eigenvalue weighted by molar-refractivity contribution is 7.48. The lowest BCUT2D eigenvalue weighted by molar-refractivity contribution is -0.130. The molecular formula is C6H9O6P. The normalized spacial score (nSPS) is 24.5. The number of hydrogen-bond donors (Lipinski definition) is 1. The van der Waals surface area contributed by atoms with Gasteiger partial charge in [-0.1, -0.05) is 6.58 Å². The molecule has 1 rings (SSSR count). The molecular weight excluding hydrogens is 199 g/mol. The van der Waals surface area contributed by atoms with Gasteiger partial charge in [-0.15, -0.1) is 0 Å². The van der Waals surface area contributed by atoms with Crippen LogP contribution in [0.1, 0.15) is 0 Å². The van der Waals surface area contributed by atoms with Gasteiger partial charge in [0.2, 0.25) is 0 Å². The highest BCUT2D eigenvalue weighted by Crippen LogP contribution is 2.44. The zero-order chi connectivity index (χ0) is 9.90. The van der Waals surface area contributed by atoms with E-state index in [1.807, 2.05) is 0 Å². The van der Waals surface area contributed by atoms with Gasteiger partial charge in [-0.2, -0.15) is 0 Å². The molecule has 6 nitrogen and oxygen atoms in total. The first-order chi connectivity index (χ1) is 6.03. The van der Waals surface area contributed by atoms with Crippen LogP contribution in [0, 0.1) is 0 Å². The molecule has 1 fully saturated rings. The molecule has 0 saturated carbocycles. The van der Waals surface area contributed by atoms with Crippen molar-refractivity contribution in [1.29, 1.82) is 0 Å². The lowest BCUT2D eigenvalue weighted by Crippen LogP contribution is -2.04. The van der Waals surface area contributed by atoms with Crippen LogP contribution >= 0.6 is 7.82 Å². The molecule has 0 aliphatic carbocycles. The summed E-state index contributed by atoms with van der Waals surface area (Å²) in [6.07, 6.45) is 0.614. The van der Waals surface area contributed by atoms with Crippen LogP contribution in [-0.2, 0) is 23.1 Å². The topological polar surface area (TPSA) is 85.4 Å². The number of phosphoric ester groups is 1. The third-order valence-electron chi connectivity index (χ3n) is 1.20. The zero-order valence-electron chi connectivity index (χ0n) is 6.71. The van der Waals surface area contributed by atoms with E-state index in [0.29, 0.717) is 6.61 Å². The van der Waals surface area contributed by atoms with E-state index < -0.39 is 13.8 Å². The lowest BCUT2D eigenvalue weighted by Gasteiger charge is -2.08. The van der Waals surface area contributed by atoms with Crippen molar-refractivity contribution in [3.63, 3.8) is 0 Å². The molecule has 0 bridgehead atoms. The summed E-state index contributed by atoms with van der Waals surface area (Å²) in [6.45, 7) is 3.50. The fourth-order valence-corrected chi connectivity index (χ4v) is 1.23. The highest BCUT2D eigenvalue weighted by Gasteiger charge is 2.31. The van der Waals surface area contributed by atoms with E-state index in [4.69, 9.17) is 9.63 Å². The fourth-order valence-electron chi connectivity index (χ4n) is 0.519. The van der Waals surface area contributed by atoms with Crippen LogP contribution < -0.4 is 0 Å². The van der Waals surface area contributed by atoms with Gasteiger partial charge in [0.05, 0.1) is 13.2 Å². The second-order valence-electron chi connectivity index (χ2n) is 2.33. The summed E-state index contributed by atoms with van der Waals surface area (Å²) < 4.78 is 24.1. The molecule has 74 valence electrons. The highest BCUT2D eigenvalue weighted by atomic mass is 31.2. The van der Waals surface area contributed by atoms with Crippen molar-refractivity contribution in [3.05, 3.63) is 12.7 Å². The van der Waals surface area contributed by atoms with E-state index in [-0.39, 0.29) is 12.7 Å². The van der Waals surface area contributed by atoms with Crippen molar-refractivity contribution in [2.24, 2.45) is 0 Å². The minimum Gasteiger partial charge on any atom is -0.371 e. The van der Waals surface area contributed by atoms with Crippen LogP contribution in [0.15, 0.2) is 12.7 Å². The monoisotopic (exact) mass is 208 g/mol. The Hall–Kier alpha value is -0.680. The van der Waals surface area contributed by atoms with Crippen LogP contribution in [0.4, 0.5) is 0 Å². The molecule has 2 unspecified atom stereocenters. The smallest absolute Gasteiger partial charge is 0.371 e. The zero-order valence-corrected chi connectivity index (χ0v) is 7.61. The molecule has 0 radical (unpaired) electrons. The first-order valence-electron chi connectivity index (χ1n) is 3.48. The average Bonchev–Trinajstić information content (AvgIpc) is 2.83. The van der Waals surface area contributed by atoms with Gasteiger partial charge in [-0.25, -0.2) is 9.36 Å². The van der Waals surface area contributed by atoms with Crippen LogP contribution in [-0.4, -0.2) is 30.2 Å². The Morgan fingerprint density at radius 2 is 2.46 bits per heavy atom. The van der Waals surface area contributed by atoms with Gasteiger partial charge in [-0.3, -0.25) is 9.42 Å². The second kappa shape index (κ2) is 4.02. The third kappa shape index (κ3) is 4.19. The Bertz CT molecular complexity index is 258. The fraction of sp³-hybridized carbons (Fsp3) is 0.500. The number of ether oxygens (including phenoxy) is 1. The molecule has 2 atom stereocenters. The standard InChI is InChI=1S/C6H9O6P/c1-2-6(7)12-13(8,9)11-4-5-3-10-5/h2,5H,1,3-4H2,(H,8,9). The van der Waals surface area contributed by atoms with Crippen LogP contribution in [0.3, 0.4) is 0 Å². The molecule has 1 aliphatic heterocycles. The lowest BCUT2D eigenvalue weighted by atomic mass is 10.5. The Morgan fingerprint density at radius 1 is 1.85 bits per heavy atom. The van der Waals surface area contributed by atoms with Gasteiger partial charge in [0.1, 0.15) is 6.10 Å². The maximum Gasteiger partial charge on any atom is 0.529 e. The summed E-state index contributed by atoms with van der Waals surface area (Å²) >= 11 is 0. The molecule has 0 amide bonds. The number of phosphoric acid groups is 1. The molecule has 7 heteroatoms. The van der Waals surface area contributed by atoms with Gasteiger partial charge < -0.3 is 9.26 Å². The maximum absolute atomic E-state index is 10.9. The molecule has 1 aliphatic rings. The summed E-state index contributed by atoms with van der Waals surface area (Å²) in [4.78, 5) is 19.4. The first-order valence-corrected chi connectivity index (χ1v) is 4.98. The maximum atomic E-state index is 10.9. The molecule has 0 aromatic heterocycles. The number of carbonyl (C=O) groups is 1. The van der Waals surface area contributed by atoms with Gasteiger partial charge in [-0.05, 0) is 0 Å². The molecule has 1 heterocycles. The van der Waals surface area contributed by atoms with Crippen molar-refractivity contribution < 1.29 is 28.0 Å². The van der Waals surface area contributed by atoms with E-state index in [1.165, 1.54) is 0 Å². The predicted molar refractivity (Wildman–Crippen MR) is 41.8 cm³/mol. The van der Waals surface area contributed by atoms with E-state index in [9.17, 15) is 9.36 Å².